The van der Waals surface area contributed by atoms with Gasteiger partial charge in [0.05, 0.1) is 24.3 Å². The lowest BCUT2D eigenvalue weighted by Crippen LogP contribution is -2.27. The maximum atomic E-state index is 12.6. The van der Waals surface area contributed by atoms with Gasteiger partial charge in [-0.15, -0.1) is 0 Å². The van der Waals surface area contributed by atoms with Crippen molar-refractivity contribution >= 4 is 45.1 Å². The van der Waals surface area contributed by atoms with Gasteiger partial charge in [-0.25, -0.2) is 14.8 Å². The first kappa shape index (κ1) is 27.7. The minimum Gasteiger partial charge on any atom is -0.504 e. The van der Waals surface area contributed by atoms with Crippen molar-refractivity contribution in [3.8, 4) is 22.9 Å². The average Bonchev–Trinajstić information content (AvgIpc) is 3.36. The molecular weight excluding hydrogens is 520 g/mol. The fraction of sp³-hybridized carbons (Fsp3) is 0.290. The van der Waals surface area contributed by atoms with Gasteiger partial charge in [0.1, 0.15) is 11.4 Å². The monoisotopic (exact) mass is 554 g/mol. The summed E-state index contributed by atoms with van der Waals surface area (Å²) >= 11 is 0. The standard InChI is InChI=1S/C31H34N6O4/c1-6-7-13-32-21-10-8-9-19(14-21)28-35-24-17-27(40-5)26(38)16-23(24)29(36-28)34-22-11-12-25-20(15-22)18-33-37(25)30(39)41-31(2,3)4/h8-12,14-18,32,38H,6-7,13H2,1-5H3,(H,34,35,36). The van der Waals surface area contributed by atoms with Crippen LogP contribution in [0.25, 0.3) is 33.2 Å². The van der Waals surface area contributed by atoms with E-state index in [9.17, 15) is 9.90 Å². The van der Waals surface area contributed by atoms with Crippen LogP contribution in [-0.4, -0.2) is 50.2 Å². The Kier molecular flexibility index (Phi) is 7.65. The van der Waals surface area contributed by atoms with E-state index in [-0.39, 0.29) is 5.75 Å². The van der Waals surface area contributed by atoms with Gasteiger partial charge in [0.25, 0.3) is 0 Å². The van der Waals surface area contributed by atoms with E-state index in [1.165, 1.54) is 11.8 Å². The van der Waals surface area contributed by atoms with Crippen LogP contribution in [0.1, 0.15) is 40.5 Å². The van der Waals surface area contributed by atoms with Crippen LogP contribution >= 0.6 is 0 Å². The van der Waals surface area contributed by atoms with Gasteiger partial charge in [-0.1, -0.05) is 25.5 Å². The summed E-state index contributed by atoms with van der Waals surface area (Å²) in [5, 5.41) is 22.9. The Bertz CT molecular complexity index is 1720. The largest absolute Gasteiger partial charge is 0.504 e. The molecule has 0 aliphatic heterocycles. The molecule has 0 amide bonds. The number of methoxy groups -OCH3 is 1. The molecule has 3 N–H and O–H groups in total. The highest BCUT2D eigenvalue weighted by Crippen LogP contribution is 2.36. The van der Waals surface area contributed by atoms with Gasteiger partial charge in [0.2, 0.25) is 0 Å². The minimum absolute atomic E-state index is 0.0180. The van der Waals surface area contributed by atoms with Gasteiger partial charge in [-0.2, -0.15) is 9.78 Å². The lowest BCUT2D eigenvalue weighted by Gasteiger charge is -2.19. The van der Waals surface area contributed by atoms with Crippen molar-refractivity contribution in [2.24, 2.45) is 0 Å². The fourth-order valence-corrected chi connectivity index (χ4v) is 4.41. The van der Waals surface area contributed by atoms with Crippen LogP contribution in [0.3, 0.4) is 0 Å². The van der Waals surface area contributed by atoms with E-state index in [0.717, 1.165) is 41.7 Å². The number of carbonyl (C=O) groups excluding carboxylic acids is 1. The van der Waals surface area contributed by atoms with Gasteiger partial charge >= 0.3 is 6.09 Å². The molecule has 0 radical (unpaired) electrons. The Morgan fingerprint density at radius 1 is 1.05 bits per heavy atom. The Balaban J connectivity index is 1.54. The Hall–Kier alpha value is -4.86. The highest BCUT2D eigenvalue weighted by atomic mass is 16.6. The zero-order valence-corrected chi connectivity index (χ0v) is 23.9. The summed E-state index contributed by atoms with van der Waals surface area (Å²) in [5.41, 5.74) is 3.14. The number of phenolic OH excluding ortho intramolecular Hbond substituents is 1. The number of unbranched alkanes of at least 4 members (excludes halogenated alkanes) is 1. The Morgan fingerprint density at radius 3 is 2.63 bits per heavy atom. The highest BCUT2D eigenvalue weighted by Gasteiger charge is 2.20. The molecule has 0 aliphatic carbocycles. The molecule has 5 rings (SSSR count). The summed E-state index contributed by atoms with van der Waals surface area (Å²) in [6.45, 7) is 8.48. The van der Waals surface area contributed by atoms with Crippen LogP contribution in [0.2, 0.25) is 0 Å². The van der Waals surface area contributed by atoms with Crippen molar-refractivity contribution in [3.05, 3.63) is 60.8 Å². The predicted octanol–water partition coefficient (Wildman–Crippen LogP) is 7.10. The quantitative estimate of drug-likeness (QED) is 0.172. The molecule has 0 fully saturated rings. The number of anilines is 3. The zero-order valence-electron chi connectivity index (χ0n) is 23.9. The summed E-state index contributed by atoms with van der Waals surface area (Å²) in [4.78, 5) is 22.3. The van der Waals surface area contributed by atoms with Crippen molar-refractivity contribution in [2.45, 2.75) is 46.1 Å². The molecule has 0 spiro atoms. The molecule has 212 valence electrons. The topological polar surface area (TPSA) is 123 Å². The minimum atomic E-state index is -0.637. The number of nitrogens with one attached hydrogen (secondary N) is 2. The van der Waals surface area contributed by atoms with Crippen molar-refractivity contribution < 1.29 is 19.4 Å². The normalized spacial score (nSPS) is 11.5. The molecule has 0 saturated heterocycles. The number of hydrogen-bond acceptors (Lipinski definition) is 9. The van der Waals surface area contributed by atoms with Crippen LogP contribution in [0, 0.1) is 0 Å². The number of hydrogen-bond donors (Lipinski definition) is 3. The van der Waals surface area contributed by atoms with E-state index in [1.54, 1.807) is 24.4 Å². The van der Waals surface area contributed by atoms with Gasteiger partial charge in [-0.05, 0) is 63.6 Å². The van der Waals surface area contributed by atoms with Crippen LogP contribution in [0.4, 0.5) is 22.0 Å². The molecule has 2 heterocycles. The summed E-state index contributed by atoms with van der Waals surface area (Å²) in [6, 6.07) is 16.8. The molecule has 10 heteroatoms. The van der Waals surface area contributed by atoms with Crippen molar-refractivity contribution in [1.29, 1.82) is 0 Å². The number of carbonyl (C=O) groups is 1. The molecule has 2 aromatic heterocycles. The summed E-state index contributed by atoms with van der Waals surface area (Å²) in [5.74, 6) is 1.33. The van der Waals surface area contributed by atoms with Gasteiger partial charge < -0.3 is 25.2 Å². The van der Waals surface area contributed by atoms with E-state index in [2.05, 4.69) is 22.7 Å². The van der Waals surface area contributed by atoms with Gasteiger partial charge in [0.15, 0.2) is 17.3 Å². The van der Waals surface area contributed by atoms with Crippen LogP contribution in [0.5, 0.6) is 11.5 Å². The third-order valence-corrected chi connectivity index (χ3v) is 6.37. The first-order valence-corrected chi connectivity index (χ1v) is 13.6. The highest BCUT2D eigenvalue weighted by molar-refractivity contribution is 5.96. The number of phenols is 1. The molecule has 0 unspecified atom stereocenters. The van der Waals surface area contributed by atoms with E-state index in [0.29, 0.717) is 33.8 Å². The molecule has 10 nitrogen and oxygen atoms in total. The van der Waals surface area contributed by atoms with Crippen molar-refractivity contribution in [2.75, 3.05) is 24.3 Å². The van der Waals surface area contributed by atoms with Crippen molar-refractivity contribution in [1.82, 2.24) is 19.7 Å². The van der Waals surface area contributed by atoms with E-state index >= 15 is 0 Å². The number of aromatic nitrogens is 4. The average molecular weight is 555 g/mol. The number of rotatable bonds is 8. The number of nitrogens with zero attached hydrogens (tertiary/aromatic N) is 4. The number of benzene rings is 3. The third-order valence-electron chi connectivity index (χ3n) is 6.37. The summed E-state index contributed by atoms with van der Waals surface area (Å²) < 4.78 is 12.1. The SMILES string of the molecule is CCCCNc1cccc(-c2nc(Nc3ccc4c(cnn4C(=O)OC(C)(C)C)c3)c3cc(O)c(OC)cc3n2)c1. The summed E-state index contributed by atoms with van der Waals surface area (Å²) in [6.07, 6.45) is 3.25. The Labute approximate surface area is 238 Å². The lowest BCUT2D eigenvalue weighted by molar-refractivity contribution is 0.0522. The van der Waals surface area contributed by atoms with Gasteiger partial charge in [-0.3, -0.25) is 0 Å². The second-order valence-electron chi connectivity index (χ2n) is 10.7. The van der Waals surface area contributed by atoms with Crippen LogP contribution in [-0.2, 0) is 4.74 Å². The zero-order chi connectivity index (χ0) is 29.1. The first-order valence-electron chi connectivity index (χ1n) is 13.6. The van der Waals surface area contributed by atoms with E-state index in [4.69, 9.17) is 19.4 Å². The maximum absolute atomic E-state index is 12.6. The predicted molar refractivity (Wildman–Crippen MR) is 161 cm³/mol. The summed E-state index contributed by atoms with van der Waals surface area (Å²) in [7, 11) is 1.50. The smallest absolute Gasteiger partial charge is 0.435 e. The second-order valence-corrected chi connectivity index (χ2v) is 10.7. The maximum Gasteiger partial charge on any atom is 0.435 e. The third kappa shape index (κ3) is 6.16. The molecule has 0 atom stereocenters. The van der Waals surface area contributed by atoms with Crippen LogP contribution in [0.15, 0.2) is 60.8 Å². The molecule has 3 aromatic carbocycles. The number of ether oxygens (including phenoxy) is 2. The van der Waals surface area contributed by atoms with Crippen molar-refractivity contribution in [3.63, 3.8) is 0 Å². The second kappa shape index (κ2) is 11.3. The fourth-order valence-electron chi connectivity index (χ4n) is 4.41. The molecular formula is C31H34N6O4. The number of aromatic hydroxyl groups is 1. The van der Waals surface area contributed by atoms with E-state index in [1.807, 2.05) is 57.2 Å². The van der Waals surface area contributed by atoms with Crippen LogP contribution < -0.4 is 15.4 Å². The molecule has 0 aliphatic rings. The molecule has 5 aromatic rings. The molecule has 41 heavy (non-hydrogen) atoms. The van der Waals surface area contributed by atoms with E-state index < -0.39 is 11.7 Å². The lowest BCUT2D eigenvalue weighted by atomic mass is 10.1. The molecule has 0 bridgehead atoms. The molecule has 0 saturated carbocycles. The number of fused-ring (bicyclic) bond motifs is 2. The Morgan fingerprint density at radius 2 is 1.88 bits per heavy atom. The first-order chi connectivity index (χ1) is 19.6. The van der Waals surface area contributed by atoms with Gasteiger partial charge in [0, 0.05) is 40.3 Å².